The summed E-state index contributed by atoms with van der Waals surface area (Å²) in [5.74, 6) is -2.23. The zero-order valence-corrected chi connectivity index (χ0v) is 15.3. The number of guanidine groups is 1. The highest BCUT2D eigenvalue weighted by atomic mass is 16.7. The maximum absolute atomic E-state index is 12.8. The molecule has 1 aliphatic rings. The van der Waals surface area contributed by atoms with E-state index in [1.165, 1.54) is 11.8 Å². The molecule has 12 nitrogen and oxygen atoms in total. The van der Waals surface area contributed by atoms with E-state index in [-0.39, 0.29) is 29.7 Å². The van der Waals surface area contributed by atoms with Crippen molar-refractivity contribution in [2.24, 2.45) is 17.4 Å². The van der Waals surface area contributed by atoms with E-state index in [1.54, 1.807) is 0 Å². The van der Waals surface area contributed by atoms with Crippen molar-refractivity contribution in [3.8, 4) is 0 Å². The van der Waals surface area contributed by atoms with E-state index < -0.39 is 28.8 Å². The van der Waals surface area contributed by atoms with Gasteiger partial charge in [0.2, 0.25) is 5.91 Å². The highest BCUT2D eigenvalue weighted by Gasteiger charge is 2.39. The summed E-state index contributed by atoms with van der Waals surface area (Å²) in [6.07, 6.45) is 1.55. The minimum atomic E-state index is -1.37. The van der Waals surface area contributed by atoms with Gasteiger partial charge in [-0.1, -0.05) is 0 Å². The van der Waals surface area contributed by atoms with Crippen molar-refractivity contribution in [3.63, 3.8) is 0 Å². The second-order valence-electron chi connectivity index (χ2n) is 6.39. The largest absolute Gasteiger partial charge is 0.466 e. The molecule has 1 unspecified atom stereocenters. The number of carbonyl (C=O) groups excluding carboxylic acids is 3. The first-order valence-corrected chi connectivity index (χ1v) is 8.61. The predicted molar refractivity (Wildman–Crippen MR) is 93.5 cm³/mol. The van der Waals surface area contributed by atoms with Gasteiger partial charge in [0.15, 0.2) is 11.1 Å². The summed E-state index contributed by atoms with van der Waals surface area (Å²) in [7, 11) is 0. The van der Waals surface area contributed by atoms with Gasteiger partial charge in [0.05, 0.1) is 6.61 Å². The quantitative estimate of drug-likeness (QED) is 0.151. The number of hydrogen-bond acceptors (Lipinski definition) is 7. The molecule has 0 aromatic rings. The average Bonchev–Trinajstić information content (AvgIpc) is 2.57. The van der Waals surface area contributed by atoms with Crippen molar-refractivity contribution in [1.29, 1.82) is 5.41 Å². The summed E-state index contributed by atoms with van der Waals surface area (Å²) in [5.41, 5.74) is 10.3. The second-order valence-corrected chi connectivity index (χ2v) is 6.39. The number of amides is 2. The molecule has 0 aliphatic carbocycles. The van der Waals surface area contributed by atoms with Crippen molar-refractivity contribution in [2.75, 3.05) is 19.7 Å². The van der Waals surface area contributed by atoms with Gasteiger partial charge in [-0.15, -0.1) is 0 Å². The van der Waals surface area contributed by atoms with Crippen molar-refractivity contribution in [1.82, 2.24) is 9.91 Å². The Balaban J connectivity index is 2.73. The lowest BCUT2D eigenvalue weighted by molar-refractivity contribution is -0.635. The lowest BCUT2D eigenvalue weighted by atomic mass is 9.93. The molecule has 0 aromatic carbocycles. The molecule has 0 aromatic heterocycles. The first-order chi connectivity index (χ1) is 12.6. The number of carbonyl (C=O) groups is 3. The van der Waals surface area contributed by atoms with Crippen LogP contribution in [0.4, 0.5) is 0 Å². The fourth-order valence-electron chi connectivity index (χ4n) is 3.02. The highest BCUT2D eigenvalue weighted by molar-refractivity contribution is 5.87. The third-order valence-corrected chi connectivity index (χ3v) is 4.42. The lowest BCUT2D eigenvalue weighted by Gasteiger charge is -2.34. The molecule has 1 fully saturated rings. The molecule has 0 radical (unpaired) electrons. The number of hydrazine groups is 1. The van der Waals surface area contributed by atoms with Crippen LogP contribution in [-0.4, -0.2) is 64.4 Å². The minimum Gasteiger partial charge on any atom is -0.466 e. The van der Waals surface area contributed by atoms with Crippen LogP contribution >= 0.6 is 0 Å². The summed E-state index contributed by atoms with van der Waals surface area (Å²) in [4.78, 5) is 47.3. The van der Waals surface area contributed by atoms with Crippen LogP contribution in [0.5, 0.6) is 0 Å². The van der Waals surface area contributed by atoms with Gasteiger partial charge in [-0.05, 0) is 36.6 Å². The number of primary amides is 1. The monoisotopic (exact) mass is 386 g/mol. The van der Waals surface area contributed by atoms with Gasteiger partial charge < -0.3 is 21.1 Å². The van der Waals surface area contributed by atoms with E-state index in [0.717, 1.165) is 0 Å². The lowest BCUT2D eigenvalue weighted by Crippen LogP contribution is -2.56. The van der Waals surface area contributed by atoms with Crippen LogP contribution in [0.2, 0.25) is 0 Å². The number of ether oxygens (including phenoxy) is 1. The molecule has 2 amide bonds. The van der Waals surface area contributed by atoms with Crippen molar-refractivity contribution in [3.05, 3.63) is 10.1 Å². The molecule has 1 saturated heterocycles. The van der Waals surface area contributed by atoms with Crippen molar-refractivity contribution < 1.29 is 24.2 Å². The molecule has 152 valence electrons. The van der Waals surface area contributed by atoms with Crippen LogP contribution in [-0.2, 0) is 19.1 Å². The van der Waals surface area contributed by atoms with E-state index >= 15 is 0 Å². The number of likely N-dealkylation sites (tertiary alicyclic amines) is 1. The first-order valence-electron chi connectivity index (χ1n) is 8.61. The Morgan fingerprint density at radius 1 is 1.33 bits per heavy atom. The summed E-state index contributed by atoms with van der Waals surface area (Å²) < 4.78 is 4.91. The topological polar surface area (TPSA) is 186 Å². The molecular formula is C15H26N6O6. The minimum absolute atomic E-state index is 0.207. The third-order valence-electron chi connectivity index (χ3n) is 4.42. The van der Waals surface area contributed by atoms with Crippen LogP contribution in [0, 0.1) is 21.4 Å². The fourth-order valence-corrected chi connectivity index (χ4v) is 3.02. The Morgan fingerprint density at radius 3 is 2.37 bits per heavy atom. The molecule has 1 heterocycles. The summed E-state index contributed by atoms with van der Waals surface area (Å²) in [5, 5.41) is 17.9. The molecule has 1 atom stereocenters. The molecule has 0 saturated carbocycles. The molecule has 12 heteroatoms. The number of nitrogens with zero attached hydrogens (tertiary/aromatic N) is 3. The van der Waals surface area contributed by atoms with Gasteiger partial charge in [-0.25, -0.2) is 10.1 Å². The van der Waals surface area contributed by atoms with Crippen LogP contribution in [0.15, 0.2) is 0 Å². The number of esters is 1. The zero-order chi connectivity index (χ0) is 20.6. The Labute approximate surface area is 156 Å². The fraction of sp³-hybridized carbons (Fsp3) is 0.733. The smallest absolute Gasteiger partial charge is 0.302 e. The van der Waals surface area contributed by atoms with E-state index in [2.05, 4.69) is 0 Å². The standard InChI is InChI=1S/C15H26N6O6/c1-10(22)27-9-6-11-4-7-19(8-5-11)14(24)12(2-3-13(16)23)20(15(17)18)21(25)26/h11-12H,2-9H2,1H3,(H2,16,23)(H3,17,18). The van der Waals surface area contributed by atoms with Crippen LogP contribution in [0.1, 0.15) is 39.0 Å². The number of hydrogen-bond donors (Lipinski definition) is 3. The summed E-state index contributed by atoms with van der Waals surface area (Å²) >= 11 is 0. The van der Waals surface area contributed by atoms with Crippen LogP contribution in [0.25, 0.3) is 0 Å². The van der Waals surface area contributed by atoms with E-state index in [0.29, 0.717) is 39.0 Å². The third kappa shape index (κ3) is 7.07. The zero-order valence-electron chi connectivity index (χ0n) is 15.3. The average molecular weight is 386 g/mol. The summed E-state index contributed by atoms with van der Waals surface area (Å²) in [6.45, 7) is 2.40. The van der Waals surface area contributed by atoms with Gasteiger partial charge >= 0.3 is 5.97 Å². The number of nitro groups is 1. The Bertz CT molecular complexity index is 575. The van der Waals surface area contributed by atoms with Gasteiger partial charge in [0.1, 0.15) is 0 Å². The molecular weight excluding hydrogens is 360 g/mol. The van der Waals surface area contributed by atoms with Gasteiger partial charge in [-0.3, -0.25) is 19.8 Å². The van der Waals surface area contributed by atoms with E-state index in [9.17, 15) is 24.5 Å². The normalized spacial score (nSPS) is 15.7. The predicted octanol–water partition coefficient (Wildman–Crippen LogP) is -0.801. The van der Waals surface area contributed by atoms with Crippen molar-refractivity contribution >= 4 is 23.7 Å². The molecule has 1 rings (SSSR count). The number of piperidine rings is 1. The molecule has 0 spiro atoms. The Hall–Kier alpha value is -2.92. The Morgan fingerprint density at radius 2 is 1.93 bits per heavy atom. The molecule has 1 aliphatic heterocycles. The molecule has 27 heavy (non-hydrogen) atoms. The maximum atomic E-state index is 12.8. The van der Waals surface area contributed by atoms with E-state index in [4.69, 9.17) is 21.6 Å². The van der Waals surface area contributed by atoms with Gasteiger partial charge in [0.25, 0.3) is 11.9 Å². The van der Waals surface area contributed by atoms with Gasteiger partial charge in [-0.2, -0.15) is 0 Å². The molecule has 5 N–H and O–H groups in total. The Kier molecular flexibility index (Phi) is 8.42. The number of rotatable bonds is 9. The van der Waals surface area contributed by atoms with E-state index in [1.807, 2.05) is 0 Å². The number of nitrogens with two attached hydrogens (primary N) is 2. The van der Waals surface area contributed by atoms with Crippen LogP contribution < -0.4 is 11.5 Å². The maximum Gasteiger partial charge on any atom is 0.302 e. The van der Waals surface area contributed by atoms with Crippen LogP contribution in [0.3, 0.4) is 0 Å². The molecule has 0 bridgehead atoms. The second kappa shape index (κ2) is 10.3. The first kappa shape index (κ1) is 22.1. The highest BCUT2D eigenvalue weighted by Crippen LogP contribution is 2.22. The number of nitrogens with one attached hydrogen (secondary N) is 1. The van der Waals surface area contributed by atoms with Gasteiger partial charge in [0, 0.05) is 26.4 Å². The SMILES string of the molecule is CC(=O)OCCC1CCN(C(=O)C(CCC(N)=O)N(C(=N)N)[N+](=O)[O-])CC1. The van der Waals surface area contributed by atoms with Crippen molar-refractivity contribution in [2.45, 2.75) is 45.1 Å². The summed E-state index contributed by atoms with van der Waals surface area (Å²) in [6, 6.07) is -1.37.